The van der Waals surface area contributed by atoms with Gasteiger partial charge in [-0.15, -0.1) is 0 Å². The Morgan fingerprint density at radius 1 is 1.29 bits per heavy atom. The zero-order valence-corrected chi connectivity index (χ0v) is 11.6. The van der Waals surface area contributed by atoms with Crippen molar-refractivity contribution in [1.29, 1.82) is 5.26 Å². The summed E-state index contributed by atoms with van der Waals surface area (Å²) in [7, 11) is 0. The number of H-pyrrole nitrogens is 1. The highest BCUT2D eigenvalue weighted by Gasteiger charge is 2.13. The molecule has 1 aromatic heterocycles. The third kappa shape index (κ3) is 3.03. The van der Waals surface area contributed by atoms with Crippen LogP contribution < -0.4 is 5.32 Å². The molecule has 106 valence electrons. The monoisotopic (exact) mass is 280 g/mol. The van der Waals surface area contributed by atoms with Crippen LogP contribution in [-0.4, -0.2) is 34.5 Å². The van der Waals surface area contributed by atoms with Crippen LogP contribution in [0.5, 0.6) is 0 Å². The van der Waals surface area contributed by atoms with Gasteiger partial charge < -0.3 is 10.2 Å². The number of rotatable bonds is 4. The van der Waals surface area contributed by atoms with Gasteiger partial charge in [0.25, 0.3) is 0 Å². The van der Waals surface area contributed by atoms with Crippen LogP contribution in [0, 0.1) is 11.3 Å². The van der Waals surface area contributed by atoms with Gasteiger partial charge in [0.15, 0.2) is 5.82 Å². The Hall–Kier alpha value is -2.81. The Labute approximate surface area is 123 Å². The lowest BCUT2D eigenvalue weighted by molar-refractivity contribution is 0.535. The van der Waals surface area contributed by atoms with Crippen molar-refractivity contribution in [1.82, 2.24) is 15.1 Å². The maximum Gasteiger partial charge on any atom is 0.195 e. The standard InChI is InChI=1S/C15H16N6/c16-10-13-14(17-11-21-8-4-5-9-21)19-20-15(13)18-12-6-2-1-3-7-12/h1-3,6-7,11H,4-5,8-9H2,(H2,18,19,20). The van der Waals surface area contributed by atoms with Gasteiger partial charge in [0, 0.05) is 18.8 Å². The van der Waals surface area contributed by atoms with E-state index in [0.717, 1.165) is 18.8 Å². The first kappa shape index (κ1) is 13.2. The van der Waals surface area contributed by atoms with Crippen LogP contribution in [0.2, 0.25) is 0 Å². The van der Waals surface area contributed by atoms with E-state index in [4.69, 9.17) is 0 Å². The number of hydrogen-bond donors (Lipinski definition) is 2. The first-order valence-electron chi connectivity index (χ1n) is 6.95. The first-order chi connectivity index (χ1) is 10.4. The molecule has 1 aromatic carbocycles. The molecule has 0 unspecified atom stereocenters. The summed E-state index contributed by atoms with van der Waals surface area (Å²) < 4.78 is 0. The lowest BCUT2D eigenvalue weighted by atomic mass is 10.3. The van der Waals surface area contributed by atoms with Crippen molar-refractivity contribution in [3.8, 4) is 6.07 Å². The SMILES string of the molecule is N#Cc1c(N=CN2CCCC2)n[nH]c1Nc1ccccc1. The minimum atomic E-state index is 0.419. The number of nitrogens with zero attached hydrogens (tertiary/aromatic N) is 4. The molecule has 1 aliphatic heterocycles. The highest BCUT2D eigenvalue weighted by atomic mass is 15.2. The third-order valence-electron chi connectivity index (χ3n) is 3.39. The van der Waals surface area contributed by atoms with Gasteiger partial charge in [-0.2, -0.15) is 10.4 Å². The predicted molar refractivity (Wildman–Crippen MR) is 82.0 cm³/mol. The number of aromatic amines is 1. The highest BCUT2D eigenvalue weighted by molar-refractivity contribution is 5.71. The zero-order chi connectivity index (χ0) is 14.5. The van der Waals surface area contributed by atoms with Crippen LogP contribution in [0.1, 0.15) is 18.4 Å². The van der Waals surface area contributed by atoms with Gasteiger partial charge in [0.1, 0.15) is 17.5 Å². The van der Waals surface area contributed by atoms with Crippen molar-refractivity contribution in [3.05, 3.63) is 35.9 Å². The fraction of sp³-hybridized carbons (Fsp3) is 0.267. The second-order valence-corrected chi connectivity index (χ2v) is 4.89. The number of anilines is 2. The van der Waals surface area contributed by atoms with Gasteiger partial charge in [-0.3, -0.25) is 5.10 Å². The van der Waals surface area contributed by atoms with Crippen molar-refractivity contribution < 1.29 is 0 Å². The molecule has 6 heteroatoms. The van der Waals surface area contributed by atoms with Crippen LogP contribution in [-0.2, 0) is 0 Å². The molecule has 2 N–H and O–H groups in total. The van der Waals surface area contributed by atoms with E-state index in [9.17, 15) is 5.26 Å². The number of para-hydroxylation sites is 1. The van der Waals surface area contributed by atoms with Crippen molar-refractivity contribution in [2.75, 3.05) is 18.4 Å². The van der Waals surface area contributed by atoms with Crippen molar-refractivity contribution >= 4 is 23.7 Å². The predicted octanol–water partition coefficient (Wildman–Crippen LogP) is 2.78. The molecule has 0 radical (unpaired) electrons. The van der Waals surface area contributed by atoms with Gasteiger partial charge in [0.05, 0.1) is 6.34 Å². The molecule has 6 nitrogen and oxygen atoms in total. The van der Waals surface area contributed by atoms with E-state index in [2.05, 4.69) is 31.5 Å². The molecular weight excluding hydrogens is 264 g/mol. The number of aliphatic imine (C=N–C) groups is 1. The largest absolute Gasteiger partial charge is 0.363 e. The molecule has 1 saturated heterocycles. The topological polar surface area (TPSA) is 80.1 Å². The number of nitriles is 1. The summed E-state index contributed by atoms with van der Waals surface area (Å²) in [6, 6.07) is 11.8. The number of likely N-dealkylation sites (tertiary alicyclic amines) is 1. The van der Waals surface area contributed by atoms with E-state index in [1.807, 2.05) is 30.3 Å². The summed E-state index contributed by atoms with van der Waals surface area (Å²) >= 11 is 0. The number of hydrogen-bond acceptors (Lipinski definition) is 4. The van der Waals surface area contributed by atoms with Crippen molar-refractivity contribution in [3.63, 3.8) is 0 Å². The molecule has 1 fully saturated rings. The lowest BCUT2D eigenvalue weighted by Gasteiger charge is -2.08. The van der Waals surface area contributed by atoms with Gasteiger partial charge in [-0.1, -0.05) is 18.2 Å². The summed E-state index contributed by atoms with van der Waals surface area (Å²) in [5, 5.41) is 19.4. The van der Waals surface area contributed by atoms with E-state index in [1.54, 1.807) is 6.34 Å². The third-order valence-corrected chi connectivity index (χ3v) is 3.39. The fourth-order valence-electron chi connectivity index (χ4n) is 2.28. The molecule has 0 saturated carbocycles. The normalized spacial score (nSPS) is 14.5. The van der Waals surface area contributed by atoms with Crippen molar-refractivity contribution in [2.24, 2.45) is 4.99 Å². The summed E-state index contributed by atoms with van der Waals surface area (Å²) in [6.45, 7) is 2.04. The van der Waals surface area contributed by atoms with E-state index < -0.39 is 0 Å². The Balaban J connectivity index is 1.78. The summed E-state index contributed by atoms with van der Waals surface area (Å²) in [5.41, 5.74) is 1.32. The van der Waals surface area contributed by atoms with E-state index in [-0.39, 0.29) is 0 Å². The smallest absolute Gasteiger partial charge is 0.195 e. The molecule has 0 aliphatic carbocycles. The van der Waals surface area contributed by atoms with E-state index >= 15 is 0 Å². The molecule has 2 aromatic rings. The molecule has 0 atom stereocenters. The molecule has 0 amide bonds. The molecule has 1 aliphatic rings. The summed E-state index contributed by atoms with van der Waals surface area (Å²) in [5.74, 6) is 0.986. The van der Waals surface area contributed by atoms with Crippen LogP contribution >= 0.6 is 0 Å². The molecule has 21 heavy (non-hydrogen) atoms. The van der Waals surface area contributed by atoms with Crippen LogP contribution in [0.15, 0.2) is 35.3 Å². The average Bonchev–Trinajstić information content (AvgIpc) is 3.15. The van der Waals surface area contributed by atoms with Crippen LogP contribution in [0.3, 0.4) is 0 Å². The van der Waals surface area contributed by atoms with Crippen molar-refractivity contribution in [2.45, 2.75) is 12.8 Å². The highest BCUT2D eigenvalue weighted by Crippen LogP contribution is 2.25. The quantitative estimate of drug-likeness (QED) is 0.666. The van der Waals surface area contributed by atoms with E-state index in [0.29, 0.717) is 17.2 Å². The molecule has 3 rings (SSSR count). The second kappa shape index (κ2) is 6.09. The first-order valence-corrected chi connectivity index (χ1v) is 6.95. The van der Waals surface area contributed by atoms with Gasteiger partial charge in [-0.25, -0.2) is 4.99 Å². The minimum Gasteiger partial charge on any atom is -0.363 e. The maximum absolute atomic E-state index is 9.32. The fourth-order valence-corrected chi connectivity index (χ4v) is 2.28. The second-order valence-electron chi connectivity index (χ2n) is 4.89. The Morgan fingerprint density at radius 2 is 2.05 bits per heavy atom. The number of benzene rings is 1. The van der Waals surface area contributed by atoms with Crippen LogP contribution in [0.25, 0.3) is 0 Å². The van der Waals surface area contributed by atoms with Crippen LogP contribution in [0.4, 0.5) is 17.3 Å². The van der Waals surface area contributed by atoms with Gasteiger partial charge >= 0.3 is 0 Å². The number of aromatic nitrogens is 2. The van der Waals surface area contributed by atoms with Gasteiger partial charge in [0.2, 0.25) is 0 Å². The minimum absolute atomic E-state index is 0.419. The molecular formula is C15H16N6. The maximum atomic E-state index is 9.32. The molecule has 0 spiro atoms. The summed E-state index contributed by atoms with van der Waals surface area (Å²) in [6.07, 6.45) is 4.16. The Kier molecular flexibility index (Phi) is 3.83. The summed E-state index contributed by atoms with van der Waals surface area (Å²) in [4.78, 5) is 6.46. The van der Waals surface area contributed by atoms with E-state index in [1.165, 1.54) is 12.8 Å². The molecule has 0 bridgehead atoms. The lowest BCUT2D eigenvalue weighted by Crippen LogP contribution is -2.16. The van der Waals surface area contributed by atoms with Gasteiger partial charge in [-0.05, 0) is 25.0 Å². The Morgan fingerprint density at radius 3 is 2.76 bits per heavy atom. The molecule has 2 heterocycles. The number of nitrogens with one attached hydrogen (secondary N) is 2. The zero-order valence-electron chi connectivity index (χ0n) is 11.6. The average molecular weight is 280 g/mol. The Bertz CT molecular complexity index is 661.